The lowest BCUT2D eigenvalue weighted by atomic mass is 10.3. The highest BCUT2D eigenvalue weighted by atomic mass is 32.2. The molecule has 15 amide bonds. The van der Waals surface area contributed by atoms with Gasteiger partial charge in [-0.15, -0.1) is 0 Å². The van der Waals surface area contributed by atoms with E-state index in [1.807, 2.05) is 96.9 Å². The molecular weight excluding hydrogens is 1280 g/mol. The Bertz CT molecular complexity index is 1860. The van der Waals surface area contributed by atoms with Gasteiger partial charge in [0.25, 0.3) is 0 Å². The number of hydrogen-bond donors (Lipinski definition) is 19. The molecule has 0 aliphatic heterocycles. The van der Waals surface area contributed by atoms with Crippen molar-refractivity contribution < 1.29 is 56.4 Å². The summed E-state index contributed by atoms with van der Waals surface area (Å²) in [5.41, 5.74) is 0. The number of carbonyl (C=O) groups is 10. The van der Waals surface area contributed by atoms with E-state index in [1.165, 1.54) is 0 Å². The van der Waals surface area contributed by atoms with Crippen LogP contribution in [0.5, 0.6) is 0 Å². The highest BCUT2D eigenvalue weighted by molar-refractivity contribution is 7.89. The fraction of sp³-hybridized carbons (Fsp3) is 0.848. The lowest BCUT2D eigenvalue weighted by Gasteiger charge is -2.08. The van der Waals surface area contributed by atoms with Crippen LogP contribution in [0.1, 0.15) is 246 Å². The second-order valence-electron chi connectivity index (χ2n) is 21.6. The summed E-state index contributed by atoms with van der Waals surface area (Å²) < 4.78 is 24.5. The lowest BCUT2D eigenvalue weighted by Crippen LogP contribution is -2.45. The van der Waals surface area contributed by atoms with E-state index in [2.05, 4.69) is 114 Å². The smallest absolute Gasteiger partial charge is 0.316 e. The van der Waals surface area contributed by atoms with Crippen LogP contribution in [0.15, 0.2) is 0 Å². The molecule has 0 atom stereocenters. The summed E-state index contributed by atoms with van der Waals surface area (Å²) in [6, 6.07) is -0.899. The highest BCUT2D eigenvalue weighted by Crippen LogP contribution is 1.89. The van der Waals surface area contributed by atoms with E-state index in [4.69, 9.17) is 0 Å². The van der Waals surface area contributed by atoms with Crippen molar-refractivity contribution in [2.45, 2.75) is 246 Å². The van der Waals surface area contributed by atoms with Gasteiger partial charge in [0.05, 0.1) is 32.4 Å². The molecule has 0 unspecified atom stereocenters. The largest absolute Gasteiger partial charge is 0.356 e. The Morgan fingerprint density at radius 1 is 0.204 bits per heavy atom. The van der Waals surface area contributed by atoms with Crippen LogP contribution in [0, 0.1) is 0 Å². The first-order valence-corrected chi connectivity index (χ1v) is 38.1. The third-order valence-corrected chi connectivity index (χ3v) is 12.7. The minimum Gasteiger partial charge on any atom is -0.356 e. The third kappa shape index (κ3) is 111. The van der Waals surface area contributed by atoms with E-state index in [9.17, 15) is 56.4 Å². The summed E-state index contributed by atoms with van der Waals surface area (Å²) in [6.07, 6.45) is 17.6. The predicted octanol–water partition coefficient (Wildman–Crippen LogP) is 6.00. The standard InChI is InChI=1S/C10H21N3O2.C10H20N2O2.C9H20N4O2.C8H19N3O.C8H18N2O.C7H18N2O2S.C7H16N2O.C7H15NO/c1-3-6-11-9(14)5-8-13-10(15)12-7-4-2;1-3-5-9(13)12-8-6-10(14)11-7-4-2;1-3-5-10-8(14)12-7-13-9(15)11-6-4-2;1-3-5-9-7-11-8(12)10-6-4-2;1-3-5-8(11)10-7-9-6-4-2;1-3-5-8-7-9-12(10,11)6-4-2;1-3-5-8-7(10)9-6-4-2;1-3-5-7(9)8-6-4-2/h3-8H2,1-2H3,(H,11,14)(H2,12,13,15);3-8H2,1-2H3,(H,11,14)(H,12,13);3-7H2,1-2H3,(H2,10,12,14)(H2,11,13,15);9H,3-7H2,1-2H3,(H2,10,11,12);9H,3-7H2,1-2H3,(H,10,11);8-9H,3-7H2,1-2H3;3-6H2,1-2H3,(H2,8,9,10);3-6H2,1-2H3,(H,8,9). The van der Waals surface area contributed by atoms with Crippen LogP contribution in [0.4, 0.5) is 24.0 Å². The average Bonchev–Trinajstić information content (AvgIpc) is 1.53. The maximum absolute atomic E-state index is 11.1. The van der Waals surface area contributed by atoms with Crippen molar-refractivity contribution in [2.75, 3.05) is 124 Å². The maximum Gasteiger partial charge on any atom is 0.316 e. The molecule has 0 fully saturated rings. The van der Waals surface area contributed by atoms with Crippen molar-refractivity contribution in [2.24, 2.45) is 0 Å². The molecule has 0 heterocycles. The Morgan fingerprint density at radius 3 is 0.704 bits per heavy atom. The molecule has 584 valence electrons. The number of carbonyl (C=O) groups excluding carboxylic acids is 10. The van der Waals surface area contributed by atoms with Gasteiger partial charge in [0, 0.05) is 104 Å². The fourth-order valence-electron chi connectivity index (χ4n) is 6.07. The number of amides is 15. The van der Waals surface area contributed by atoms with Crippen molar-refractivity contribution in [1.29, 1.82) is 0 Å². The molecular formula is C66H147N19O12S. The third-order valence-electron chi connectivity index (χ3n) is 11.1. The number of sulfonamides is 1. The molecule has 0 aliphatic carbocycles. The zero-order valence-corrected chi connectivity index (χ0v) is 64.9. The topological polar surface area (TPSA) is 433 Å². The van der Waals surface area contributed by atoms with Crippen LogP contribution in [-0.2, 0) is 34.0 Å². The minimum atomic E-state index is -3.02. The van der Waals surface area contributed by atoms with Crippen LogP contribution in [0.25, 0.3) is 0 Å². The van der Waals surface area contributed by atoms with E-state index in [0.29, 0.717) is 104 Å². The van der Waals surface area contributed by atoms with Gasteiger partial charge >= 0.3 is 30.2 Å². The molecule has 0 aromatic carbocycles. The van der Waals surface area contributed by atoms with Crippen LogP contribution < -0.4 is 100 Å². The van der Waals surface area contributed by atoms with Crippen LogP contribution in [0.3, 0.4) is 0 Å². The highest BCUT2D eigenvalue weighted by Gasteiger charge is 2.07. The molecule has 0 aromatic rings. The molecule has 98 heavy (non-hydrogen) atoms. The normalized spacial score (nSPS) is 9.67. The molecule has 0 rings (SSSR count). The average molecular weight is 1430 g/mol. The van der Waals surface area contributed by atoms with Crippen LogP contribution >= 0.6 is 0 Å². The first-order valence-electron chi connectivity index (χ1n) is 36.5. The van der Waals surface area contributed by atoms with E-state index in [0.717, 1.165) is 142 Å². The zero-order chi connectivity index (χ0) is 76.0. The molecule has 19 N–H and O–H groups in total. The van der Waals surface area contributed by atoms with Gasteiger partial charge in [-0.1, -0.05) is 111 Å². The first-order chi connectivity index (χ1) is 47.0. The minimum absolute atomic E-state index is 0.00338. The van der Waals surface area contributed by atoms with Gasteiger partial charge in [-0.25, -0.2) is 37.1 Å². The molecule has 32 heteroatoms. The number of urea groups is 5. The molecule has 0 aliphatic rings. The Kier molecular flexibility index (Phi) is 101. The summed E-state index contributed by atoms with van der Waals surface area (Å²) in [6.45, 7) is 43.7. The zero-order valence-electron chi connectivity index (χ0n) is 64.1. The van der Waals surface area contributed by atoms with E-state index < -0.39 is 10.0 Å². The fourth-order valence-corrected chi connectivity index (χ4v) is 7.07. The van der Waals surface area contributed by atoms with Crippen molar-refractivity contribution in [1.82, 2.24) is 100 Å². The van der Waals surface area contributed by atoms with Gasteiger partial charge in [0.1, 0.15) is 0 Å². The van der Waals surface area contributed by atoms with Crippen molar-refractivity contribution in [3.63, 3.8) is 0 Å². The lowest BCUT2D eigenvalue weighted by molar-refractivity contribution is -0.123. The van der Waals surface area contributed by atoms with E-state index in [-0.39, 0.29) is 72.1 Å². The van der Waals surface area contributed by atoms with Crippen LogP contribution in [-0.4, -0.2) is 192 Å². The first kappa shape index (κ1) is 107. The van der Waals surface area contributed by atoms with Gasteiger partial charge in [-0.3, -0.25) is 29.3 Å². The predicted molar refractivity (Wildman–Crippen MR) is 401 cm³/mol. The molecule has 0 radical (unpaired) electrons. The summed E-state index contributed by atoms with van der Waals surface area (Å²) in [5.74, 6) is 0.531. The second-order valence-corrected chi connectivity index (χ2v) is 23.5. The van der Waals surface area contributed by atoms with Crippen molar-refractivity contribution >= 4 is 69.7 Å². The Morgan fingerprint density at radius 2 is 0.418 bits per heavy atom. The number of hydrogen-bond acceptors (Lipinski definition) is 15. The van der Waals surface area contributed by atoms with Gasteiger partial charge in [-0.2, -0.15) is 0 Å². The van der Waals surface area contributed by atoms with Crippen molar-refractivity contribution in [3.8, 4) is 0 Å². The second kappa shape index (κ2) is 92.5. The maximum atomic E-state index is 11.1. The van der Waals surface area contributed by atoms with Gasteiger partial charge in [-0.05, 0) is 122 Å². The number of rotatable bonds is 47. The molecule has 0 bridgehead atoms. The summed E-state index contributed by atoms with van der Waals surface area (Å²) >= 11 is 0. The van der Waals surface area contributed by atoms with Gasteiger partial charge < -0.3 is 90.4 Å². The molecule has 0 spiro atoms. The Hall–Kier alpha value is -6.51. The van der Waals surface area contributed by atoms with Crippen LogP contribution in [0.2, 0.25) is 0 Å². The van der Waals surface area contributed by atoms with E-state index >= 15 is 0 Å². The summed E-state index contributed by atoms with van der Waals surface area (Å²) in [5, 5.41) is 49.2. The van der Waals surface area contributed by atoms with E-state index in [1.54, 1.807) is 0 Å². The molecule has 0 saturated carbocycles. The summed E-state index contributed by atoms with van der Waals surface area (Å²) in [4.78, 5) is 109. The van der Waals surface area contributed by atoms with Gasteiger partial charge in [0.15, 0.2) is 0 Å². The molecule has 0 aromatic heterocycles. The SMILES string of the molecule is CCCNC(=O)CCC.CCCNC(=O)CCNC(=O)CCC.CCCNC(=O)CCNC(=O)NCCC.CCCNC(=O)NCCC.CCCNC(=O)NCNC(=O)NCCC.CCCNCNC(=O)CCC.CCCNCNC(=O)NCCC.CCCNCNS(=O)(=O)CCC. The van der Waals surface area contributed by atoms with Gasteiger partial charge in [0.2, 0.25) is 39.6 Å². The Labute approximate surface area is 593 Å². The summed E-state index contributed by atoms with van der Waals surface area (Å²) in [7, 11) is -3.02. The molecule has 31 nitrogen and oxygen atoms in total. The Balaban J connectivity index is -0.000000158. The molecule has 0 saturated heterocycles. The monoisotopic (exact) mass is 1430 g/mol. The van der Waals surface area contributed by atoms with Crippen molar-refractivity contribution in [3.05, 3.63) is 0 Å². The number of nitrogens with one attached hydrogen (secondary N) is 19. The quantitative estimate of drug-likeness (QED) is 0.0245.